The molecule has 4 nitrogen and oxygen atoms in total. The van der Waals surface area contributed by atoms with Gasteiger partial charge in [0.15, 0.2) is 0 Å². The highest BCUT2D eigenvalue weighted by atomic mass is 35.5. The molecule has 1 atom stereocenters. The van der Waals surface area contributed by atoms with Crippen LogP contribution in [-0.4, -0.2) is 18.6 Å². The topological polar surface area (TPSA) is 54.5 Å². The van der Waals surface area contributed by atoms with Gasteiger partial charge in [-0.3, -0.25) is 4.79 Å². The normalized spacial score (nSPS) is 17.5. The zero-order valence-electron chi connectivity index (χ0n) is 13.1. The zero-order chi connectivity index (χ0) is 17.5. The highest BCUT2D eigenvalue weighted by Gasteiger charge is 2.39. The summed E-state index contributed by atoms with van der Waals surface area (Å²) in [6, 6.07) is 10.8. The monoisotopic (exact) mass is 361 g/mol. The number of rotatable bonds is 3. The first-order chi connectivity index (χ1) is 11.3. The van der Waals surface area contributed by atoms with E-state index < -0.39 is 22.0 Å². The number of hydrogen-bond donors (Lipinski definition) is 0. The van der Waals surface area contributed by atoms with E-state index in [1.807, 2.05) is 6.92 Å². The van der Waals surface area contributed by atoms with Crippen molar-refractivity contribution >= 4 is 27.5 Å². The second kappa shape index (κ2) is 6.07. The molecule has 1 heterocycles. The molecule has 0 radical (unpaired) electrons. The first-order valence-corrected chi connectivity index (χ1v) is 9.21. The molecule has 0 spiro atoms. The quantitative estimate of drug-likeness (QED) is 0.784. The minimum Gasteiger partial charge on any atom is -0.273 e. The molecule has 1 unspecified atom stereocenters. The van der Waals surface area contributed by atoms with E-state index in [9.17, 15) is 13.2 Å². The fourth-order valence-corrected chi connectivity index (χ4v) is 4.60. The van der Waals surface area contributed by atoms with E-state index in [4.69, 9.17) is 11.6 Å². The number of carbonyl (C=O) groups excluding carboxylic acids is 1. The minimum absolute atomic E-state index is 0.00861. The van der Waals surface area contributed by atoms with Crippen molar-refractivity contribution in [3.8, 4) is 0 Å². The number of carbonyl (C=O) groups is 1. The lowest BCUT2D eigenvalue weighted by atomic mass is 9.94. The molecule has 3 rings (SSSR count). The summed E-state index contributed by atoms with van der Waals surface area (Å²) in [5, 5.41) is 0.513. The number of amides is 1. The molecule has 0 saturated carbocycles. The van der Waals surface area contributed by atoms with E-state index in [1.165, 1.54) is 18.2 Å². The molecule has 1 amide bonds. The van der Waals surface area contributed by atoms with Gasteiger partial charge in [0.1, 0.15) is 0 Å². The molecule has 1 aliphatic heterocycles. The molecule has 2 aromatic rings. The van der Waals surface area contributed by atoms with Crippen LogP contribution >= 0.6 is 11.6 Å². The maximum atomic E-state index is 13.0. The average molecular weight is 362 g/mol. The molecular weight excluding hydrogens is 346 g/mol. The molecule has 0 aromatic heterocycles. The van der Waals surface area contributed by atoms with Gasteiger partial charge < -0.3 is 0 Å². The molecule has 0 bridgehead atoms. The number of benzene rings is 2. The van der Waals surface area contributed by atoms with Gasteiger partial charge in [0, 0.05) is 5.02 Å². The number of sulfonamides is 1. The summed E-state index contributed by atoms with van der Waals surface area (Å²) in [5.41, 5.74) is 2.40. The molecule has 6 heteroatoms. The minimum atomic E-state index is -3.96. The smallest absolute Gasteiger partial charge is 0.267 e. The van der Waals surface area contributed by atoms with Crippen molar-refractivity contribution in [2.45, 2.75) is 24.3 Å². The van der Waals surface area contributed by atoms with E-state index in [-0.39, 0.29) is 11.3 Å². The van der Waals surface area contributed by atoms with Crippen LogP contribution in [0.1, 0.15) is 22.7 Å². The largest absolute Gasteiger partial charge is 0.273 e. The molecule has 0 saturated heterocycles. The molecule has 0 aliphatic carbocycles. The van der Waals surface area contributed by atoms with Gasteiger partial charge in [-0.2, -0.15) is 0 Å². The Balaban J connectivity index is 2.13. The third kappa shape index (κ3) is 2.74. The maximum absolute atomic E-state index is 13.0. The lowest BCUT2D eigenvalue weighted by Gasteiger charge is -2.34. The van der Waals surface area contributed by atoms with Crippen LogP contribution < -0.4 is 0 Å². The van der Waals surface area contributed by atoms with E-state index >= 15 is 0 Å². The maximum Gasteiger partial charge on any atom is 0.267 e. The molecular formula is C18H16ClNO3S. The molecule has 0 N–H and O–H groups in total. The van der Waals surface area contributed by atoms with Gasteiger partial charge in [0.2, 0.25) is 5.91 Å². The summed E-state index contributed by atoms with van der Waals surface area (Å²) in [7, 11) is -3.96. The fraction of sp³-hybridized carbons (Fsp3) is 0.167. The fourth-order valence-electron chi connectivity index (χ4n) is 2.87. The lowest BCUT2D eigenvalue weighted by Crippen LogP contribution is -2.43. The summed E-state index contributed by atoms with van der Waals surface area (Å²) >= 11 is 5.98. The first kappa shape index (κ1) is 16.7. The van der Waals surface area contributed by atoms with E-state index in [0.717, 1.165) is 21.0 Å². The molecule has 2 aromatic carbocycles. The van der Waals surface area contributed by atoms with Crippen molar-refractivity contribution in [2.75, 3.05) is 0 Å². The molecule has 0 fully saturated rings. The Morgan fingerprint density at radius 3 is 2.50 bits per heavy atom. The standard InChI is InChI=1S/C18H16ClNO3S/c1-3-17-16-9-6-14(19)10-13(16)11-18(21)20(17)24(22,23)15-7-4-12(2)5-8-15/h3-10,17H,1,11H2,2H3. The summed E-state index contributed by atoms with van der Waals surface area (Å²) in [6.45, 7) is 5.59. The Morgan fingerprint density at radius 2 is 1.88 bits per heavy atom. The highest BCUT2D eigenvalue weighted by Crippen LogP contribution is 2.36. The third-order valence-electron chi connectivity index (χ3n) is 4.06. The van der Waals surface area contributed by atoms with Crippen LogP contribution in [0.3, 0.4) is 0 Å². The van der Waals surface area contributed by atoms with E-state index in [1.54, 1.807) is 30.3 Å². The molecule has 1 aliphatic rings. The van der Waals surface area contributed by atoms with Crippen LogP contribution in [0.5, 0.6) is 0 Å². The highest BCUT2D eigenvalue weighted by molar-refractivity contribution is 7.89. The van der Waals surface area contributed by atoms with Crippen molar-refractivity contribution < 1.29 is 13.2 Å². The molecule has 24 heavy (non-hydrogen) atoms. The zero-order valence-corrected chi connectivity index (χ0v) is 14.6. The van der Waals surface area contributed by atoms with Gasteiger partial charge in [-0.1, -0.05) is 41.4 Å². The third-order valence-corrected chi connectivity index (χ3v) is 6.12. The van der Waals surface area contributed by atoms with Gasteiger partial charge in [0.25, 0.3) is 10.0 Å². The molecule has 124 valence electrons. The van der Waals surface area contributed by atoms with E-state index in [0.29, 0.717) is 5.02 Å². The summed E-state index contributed by atoms with van der Waals surface area (Å²) in [4.78, 5) is 12.7. The van der Waals surface area contributed by atoms with Crippen molar-refractivity contribution in [2.24, 2.45) is 0 Å². The Bertz CT molecular complexity index is 920. The number of nitrogens with zero attached hydrogens (tertiary/aromatic N) is 1. The SMILES string of the molecule is C=CC1c2ccc(Cl)cc2CC(=O)N1S(=O)(=O)c1ccc(C)cc1. The van der Waals surface area contributed by atoms with E-state index in [2.05, 4.69) is 6.58 Å². The average Bonchev–Trinajstić information content (AvgIpc) is 2.53. The van der Waals surface area contributed by atoms with Crippen LogP contribution in [0.4, 0.5) is 0 Å². The summed E-state index contributed by atoms with van der Waals surface area (Å²) in [5.74, 6) is -0.491. The van der Waals surface area contributed by atoms with Crippen molar-refractivity contribution in [1.29, 1.82) is 0 Å². The van der Waals surface area contributed by atoms with Gasteiger partial charge in [-0.15, -0.1) is 6.58 Å². The van der Waals surface area contributed by atoms with Crippen LogP contribution in [0, 0.1) is 6.92 Å². The Kier molecular flexibility index (Phi) is 4.24. The summed E-state index contributed by atoms with van der Waals surface area (Å²) in [6.07, 6.45) is 1.46. The predicted octanol–water partition coefficient (Wildman–Crippen LogP) is 3.65. The number of aryl methyl sites for hydroxylation is 1. The second-order valence-electron chi connectivity index (χ2n) is 5.71. The number of hydrogen-bond acceptors (Lipinski definition) is 3. The van der Waals surface area contributed by atoms with Crippen molar-refractivity contribution in [1.82, 2.24) is 4.31 Å². The van der Waals surface area contributed by atoms with Crippen molar-refractivity contribution in [3.05, 3.63) is 76.8 Å². The second-order valence-corrected chi connectivity index (χ2v) is 7.96. The van der Waals surface area contributed by atoms with Gasteiger partial charge in [0.05, 0.1) is 17.4 Å². The number of halogens is 1. The van der Waals surface area contributed by atoms with Crippen LogP contribution in [0.25, 0.3) is 0 Å². The van der Waals surface area contributed by atoms with Crippen molar-refractivity contribution in [3.63, 3.8) is 0 Å². The Morgan fingerprint density at radius 1 is 1.21 bits per heavy atom. The number of fused-ring (bicyclic) bond motifs is 1. The van der Waals surface area contributed by atoms with Gasteiger partial charge in [-0.25, -0.2) is 12.7 Å². The van der Waals surface area contributed by atoms with Gasteiger partial charge >= 0.3 is 0 Å². The summed E-state index contributed by atoms with van der Waals surface area (Å²) < 4.78 is 26.9. The lowest BCUT2D eigenvalue weighted by molar-refractivity contribution is -0.127. The van der Waals surface area contributed by atoms with Crippen LogP contribution in [0.15, 0.2) is 60.0 Å². The van der Waals surface area contributed by atoms with Crippen LogP contribution in [0.2, 0.25) is 5.02 Å². The Labute approximate surface area is 146 Å². The predicted molar refractivity (Wildman–Crippen MR) is 93.3 cm³/mol. The van der Waals surface area contributed by atoms with Gasteiger partial charge in [-0.05, 0) is 42.3 Å². The first-order valence-electron chi connectivity index (χ1n) is 7.39. The Hall–Kier alpha value is -2.11. The van der Waals surface area contributed by atoms with Crippen LogP contribution in [-0.2, 0) is 21.2 Å².